The van der Waals surface area contributed by atoms with E-state index in [0.29, 0.717) is 30.4 Å². The van der Waals surface area contributed by atoms with Crippen molar-refractivity contribution in [2.75, 3.05) is 17.2 Å². The highest BCUT2D eigenvalue weighted by molar-refractivity contribution is 6.03. The Labute approximate surface area is 151 Å². The lowest BCUT2D eigenvalue weighted by Gasteiger charge is -2.11. The molecule has 0 saturated carbocycles. The van der Waals surface area contributed by atoms with Crippen LogP contribution in [0.3, 0.4) is 0 Å². The fourth-order valence-electron chi connectivity index (χ4n) is 2.28. The summed E-state index contributed by atoms with van der Waals surface area (Å²) in [5.41, 5.74) is 1.91. The van der Waals surface area contributed by atoms with Crippen molar-refractivity contribution in [3.05, 3.63) is 72.2 Å². The van der Waals surface area contributed by atoms with Gasteiger partial charge in [0.15, 0.2) is 5.69 Å². The summed E-state index contributed by atoms with van der Waals surface area (Å²) in [6.45, 7) is 3.01. The molecule has 1 amide bonds. The van der Waals surface area contributed by atoms with Crippen LogP contribution >= 0.6 is 0 Å². The second kappa shape index (κ2) is 8.57. The molecule has 0 atom stereocenters. The predicted molar refractivity (Wildman–Crippen MR) is 99.2 cm³/mol. The monoisotopic (exact) mass is 349 g/mol. The number of rotatable bonds is 7. The molecule has 0 saturated heterocycles. The summed E-state index contributed by atoms with van der Waals surface area (Å²) in [5, 5.41) is 14.0. The van der Waals surface area contributed by atoms with Crippen molar-refractivity contribution in [2.24, 2.45) is 0 Å². The average molecular weight is 349 g/mol. The van der Waals surface area contributed by atoms with Crippen LogP contribution in [0.1, 0.15) is 23.0 Å². The molecule has 0 aliphatic heterocycles. The molecular weight excluding hydrogens is 330 g/mol. The molecule has 7 nitrogen and oxygen atoms in total. The van der Waals surface area contributed by atoms with Crippen LogP contribution in [0, 0.1) is 0 Å². The number of benzene rings is 1. The number of hydrogen-bond donors (Lipinski definition) is 2. The Morgan fingerprint density at radius 3 is 2.58 bits per heavy atom. The number of nitrogens with one attached hydrogen (secondary N) is 2. The largest absolute Gasteiger partial charge is 0.492 e. The van der Waals surface area contributed by atoms with E-state index in [9.17, 15) is 4.79 Å². The van der Waals surface area contributed by atoms with E-state index < -0.39 is 0 Å². The zero-order valence-corrected chi connectivity index (χ0v) is 14.3. The third-order valence-corrected chi connectivity index (χ3v) is 3.56. The normalized spacial score (nSPS) is 10.2. The van der Waals surface area contributed by atoms with Crippen LogP contribution in [0.5, 0.6) is 5.75 Å². The van der Waals surface area contributed by atoms with E-state index in [4.69, 9.17) is 4.74 Å². The zero-order valence-electron chi connectivity index (χ0n) is 14.3. The van der Waals surface area contributed by atoms with Gasteiger partial charge in [-0.25, -0.2) is 0 Å². The van der Waals surface area contributed by atoms with Gasteiger partial charge in [0.1, 0.15) is 11.6 Å². The SMILES string of the molecule is CCOc1ccccc1NC(=O)c1ccc(NCc2ccncc2)nn1. The first-order valence-electron chi connectivity index (χ1n) is 8.26. The number of hydrogen-bond acceptors (Lipinski definition) is 6. The van der Waals surface area contributed by atoms with Crippen molar-refractivity contribution in [1.29, 1.82) is 0 Å². The summed E-state index contributed by atoms with van der Waals surface area (Å²) in [4.78, 5) is 16.3. The Morgan fingerprint density at radius 1 is 1.04 bits per heavy atom. The highest BCUT2D eigenvalue weighted by Crippen LogP contribution is 2.24. The molecule has 26 heavy (non-hydrogen) atoms. The molecule has 3 aromatic rings. The van der Waals surface area contributed by atoms with E-state index in [1.54, 1.807) is 36.7 Å². The maximum atomic E-state index is 12.4. The Kier molecular flexibility index (Phi) is 5.72. The van der Waals surface area contributed by atoms with Crippen LogP contribution in [0.25, 0.3) is 0 Å². The van der Waals surface area contributed by atoms with E-state index in [1.807, 2.05) is 31.2 Å². The van der Waals surface area contributed by atoms with Crippen LogP contribution in [0.2, 0.25) is 0 Å². The molecule has 0 bridgehead atoms. The molecule has 2 aromatic heterocycles. The first-order chi connectivity index (χ1) is 12.8. The van der Waals surface area contributed by atoms with Gasteiger partial charge in [0.05, 0.1) is 12.3 Å². The first kappa shape index (κ1) is 17.3. The van der Waals surface area contributed by atoms with Crippen molar-refractivity contribution < 1.29 is 9.53 Å². The molecule has 2 heterocycles. The summed E-state index contributed by atoms with van der Waals surface area (Å²) in [7, 11) is 0. The average Bonchev–Trinajstić information content (AvgIpc) is 2.69. The van der Waals surface area contributed by atoms with Crippen LogP contribution in [-0.4, -0.2) is 27.7 Å². The van der Waals surface area contributed by atoms with Crippen LogP contribution in [0.15, 0.2) is 60.9 Å². The molecule has 0 aliphatic carbocycles. The van der Waals surface area contributed by atoms with Gasteiger partial charge in [-0.2, -0.15) is 0 Å². The Hall–Kier alpha value is -3.48. The molecule has 1 aromatic carbocycles. The molecule has 0 aliphatic rings. The van der Waals surface area contributed by atoms with Crippen molar-refractivity contribution >= 4 is 17.4 Å². The number of ether oxygens (including phenoxy) is 1. The summed E-state index contributed by atoms with van der Waals surface area (Å²) in [5.74, 6) is 0.866. The van der Waals surface area contributed by atoms with Gasteiger partial charge in [-0.3, -0.25) is 9.78 Å². The number of amides is 1. The van der Waals surface area contributed by atoms with Crippen molar-refractivity contribution in [3.63, 3.8) is 0 Å². The second-order valence-electron chi connectivity index (χ2n) is 5.40. The van der Waals surface area contributed by atoms with Crippen molar-refractivity contribution in [1.82, 2.24) is 15.2 Å². The molecule has 0 fully saturated rings. The molecule has 3 rings (SSSR count). The summed E-state index contributed by atoms with van der Waals surface area (Å²) < 4.78 is 5.50. The fraction of sp³-hybridized carbons (Fsp3) is 0.158. The third-order valence-electron chi connectivity index (χ3n) is 3.56. The lowest BCUT2D eigenvalue weighted by molar-refractivity contribution is 0.102. The number of pyridine rings is 1. The Bertz CT molecular complexity index is 853. The van der Waals surface area contributed by atoms with Gasteiger partial charge in [-0.05, 0) is 48.9 Å². The van der Waals surface area contributed by atoms with E-state index in [-0.39, 0.29) is 11.6 Å². The maximum Gasteiger partial charge on any atom is 0.276 e. The van der Waals surface area contributed by atoms with Crippen LogP contribution in [0.4, 0.5) is 11.5 Å². The fourth-order valence-corrected chi connectivity index (χ4v) is 2.28. The van der Waals surface area contributed by atoms with Gasteiger partial charge in [-0.15, -0.1) is 10.2 Å². The van der Waals surface area contributed by atoms with Gasteiger partial charge in [0.2, 0.25) is 0 Å². The number of aromatic nitrogens is 3. The summed E-state index contributed by atoms with van der Waals surface area (Å²) >= 11 is 0. The third kappa shape index (κ3) is 4.54. The second-order valence-corrected chi connectivity index (χ2v) is 5.40. The number of para-hydroxylation sites is 2. The first-order valence-corrected chi connectivity index (χ1v) is 8.26. The molecule has 0 unspecified atom stereocenters. The van der Waals surface area contributed by atoms with Crippen LogP contribution in [-0.2, 0) is 6.54 Å². The molecular formula is C19H19N5O2. The zero-order chi connectivity index (χ0) is 18.2. The topological polar surface area (TPSA) is 89.0 Å². The van der Waals surface area contributed by atoms with E-state index in [1.165, 1.54) is 0 Å². The number of carbonyl (C=O) groups excluding carboxylic acids is 1. The summed E-state index contributed by atoms with van der Waals surface area (Å²) in [6, 6.07) is 14.4. The number of anilines is 2. The lowest BCUT2D eigenvalue weighted by atomic mass is 10.2. The van der Waals surface area contributed by atoms with Crippen molar-refractivity contribution in [3.8, 4) is 5.75 Å². The predicted octanol–water partition coefficient (Wildman–Crippen LogP) is 3.13. The standard InChI is InChI=1S/C19H19N5O2/c1-2-26-17-6-4-3-5-15(17)22-19(25)16-7-8-18(24-23-16)21-13-14-9-11-20-12-10-14/h3-12H,2,13H2,1H3,(H,21,24)(H,22,25). The molecule has 0 radical (unpaired) electrons. The van der Waals surface area contributed by atoms with Gasteiger partial charge in [-0.1, -0.05) is 12.1 Å². The minimum absolute atomic E-state index is 0.228. The molecule has 132 valence electrons. The minimum Gasteiger partial charge on any atom is -0.492 e. The summed E-state index contributed by atoms with van der Waals surface area (Å²) in [6.07, 6.45) is 3.46. The molecule has 2 N–H and O–H groups in total. The highest BCUT2D eigenvalue weighted by atomic mass is 16.5. The van der Waals surface area contributed by atoms with Crippen LogP contribution < -0.4 is 15.4 Å². The maximum absolute atomic E-state index is 12.4. The quantitative estimate of drug-likeness (QED) is 0.681. The van der Waals surface area contributed by atoms with Crippen molar-refractivity contribution in [2.45, 2.75) is 13.5 Å². The van der Waals surface area contributed by atoms with E-state index >= 15 is 0 Å². The number of carbonyl (C=O) groups is 1. The molecule has 7 heteroatoms. The van der Waals surface area contributed by atoms with Gasteiger partial charge >= 0.3 is 0 Å². The highest BCUT2D eigenvalue weighted by Gasteiger charge is 2.11. The Morgan fingerprint density at radius 2 is 1.85 bits per heavy atom. The van der Waals surface area contributed by atoms with Gasteiger partial charge in [0, 0.05) is 18.9 Å². The Balaban J connectivity index is 1.62. The van der Waals surface area contributed by atoms with E-state index in [2.05, 4.69) is 25.8 Å². The van der Waals surface area contributed by atoms with E-state index in [0.717, 1.165) is 5.56 Å². The van der Waals surface area contributed by atoms with Gasteiger partial charge < -0.3 is 15.4 Å². The molecule has 0 spiro atoms. The smallest absolute Gasteiger partial charge is 0.276 e. The lowest BCUT2D eigenvalue weighted by Crippen LogP contribution is -2.15. The minimum atomic E-state index is -0.342. The number of nitrogens with zero attached hydrogens (tertiary/aromatic N) is 3. The van der Waals surface area contributed by atoms with Gasteiger partial charge in [0.25, 0.3) is 5.91 Å².